The Kier molecular flexibility index (Phi) is 4.39. The minimum atomic E-state index is 0.775. The third-order valence-corrected chi connectivity index (χ3v) is 5.79. The molecule has 2 saturated carbocycles. The Morgan fingerprint density at radius 1 is 1.20 bits per heavy atom. The first-order valence-electron chi connectivity index (χ1n) is 7.45. The zero-order chi connectivity index (χ0) is 13.9. The summed E-state index contributed by atoms with van der Waals surface area (Å²) in [6.45, 7) is 0. The molecule has 1 heterocycles. The maximum Gasteiger partial charge on any atom is 0.183 e. The summed E-state index contributed by atoms with van der Waals surface area (Å²) in [5, 5.41) is 0. The molecular weight excluding hydrogens is 270 g/mol. The average molecular weight is 293 g/mol. The van der Waals surface area contributed by atoms with Gasteiger partial charge in [0.05, 0.1) is 19.9 Å². The Hall–Kier alpha value is -0.900. The van der Waals surface area contributed by atoms with Crippen LogP contribution < -0.4 is 9.47 Å². The van der Waals surface area contributed by atoms with Crippen LogP contribution in [0.25, 0.3) is 0 Å². The Balaban J connectivity index is 1.52. The van der Waals surface area contributed by atoms with Gasteiger partial charge in [0.2, 0.25) is 0 Å². The maximum atomic E-state index is 5.43. The van der Waals surface area contributed by atoms with Gasteiger partial charge in [-0.3, -0.25) is 4.98 Å². The van der Waals surface area contributed by atoms with Crippen molar-refractivity contribution in [1.29, 1.82) is 0 Å². The molecule has 0 bridgehead atoms. The molecular formula is C16H23NO2S. The first-order chi connectivity index (χ1) is 9.81. The zero-order valence-corrected chi connectivity index (χ0v) is 13.1. The predicted molar refractivity (Wildman–Crippen MR) is 82.4 cm³/mol. The molecule has 0 radical (unpaired) electrons. The summed E-state index contributed by atoms with van der Waals surface area (Å²) in [7, 11) is 3.35. The van der Waals surface area contributed by atoms with Gasteiger partial charge in [-0.1, -0.05) is 0 Å². The van der Waals surface area contributed by atoms with E-state index >= 15 is 0 Å². The molecule has 0 amide bonds. The Labute approximate surface area is 125 Å². The highest BCUT2D eigenvalue weighted by Gasteiger charge is 2.41. The largest absolute Gasteiger partial charge is 0.493 e. The van der Waals surface area contributed by atoms with Gasteiger partial charge in [-0.25, -0.2) is 0 Å². The first kappa shape index (κ1) is 14.1. The number of nitrogens with zero attached hydrogens (tertiary/aromatic N) is 1. The van der Waals surface area contributed by atoms with E-state index < -0.39 is 0 Å². The van der Waals surface area contributed by atoms with Crippen LogP contribution in [0.2, 0.25) is 0 Å². The fraction of sp³-hybridized carbons (Fsp3) is 0.688. The van der Waals surface area contributed by atoms with Gasteiger partial charge >= 0.3 is 0 Å². The predicted octanol–water partition coefficient (Wildman–Crippen LogP) is 3.77. The van der Waals surface area contributed by atoms with Crippen molar-refractivity contribution in [2.24, 2.45) is 17.8 Å². The molecule has 1 aromatic rings. The first-order valence-corrected chi connectivity index (χ1v) is 8.61. The summed E-state index contributed by atoms with van der Waals surface area (Å²) in [4.78, 5) is 4.44. The van der Waals surface area contributed by atoms with E-state index in [-0.39, 0.29) is 0 Å². The molecule has 3 unspecified atom stereocenters. The number of hydrogen-bond acceptors (Lipinski definition) is 4. The Morgan fingerprint density at radius 3 is 2.85 bits per heavy atom. The molecule has 2 aliphatic rings. The highest BCUT2D eigenvalue weighted by molar-refractivity contribution is 7.98. The number of hydrogen-bond donors (Lipinski definition) is 0. The van der Waals surface area contributed by atoms with E-state index in [1.807, 2.05) is 17.8 Å². The Morgan fingerprint density at radius 2 is 2.10 bits per heavy atom. The van der Waals surface area contributed by atoms with E-state index in [2.05, 4.69) is 4.98 Å². The lowest BCUT2D eigenvalue weighted by Gasteiger charge is -2.20. The van der Waals surface area contributed by atoms with Gasteiger partial charge in [-0.2, -0.15) is 11.8 Å². The van der Waals surface area contributed by atoms with E-state index in [4.69, 9.17) is 9.47 Å². The number of pyridine rings is 1. The van der Waals surface area contributed by atoms with E-state index in [1.165, 1.54) is 31.4 Å². The summed E-state index contributed by atoms with van der Waals surface area (Å²) in [6, 6.07) is 1.85. The molecule has 2 aliphatic carbocycles. The van der Waals surface area contributed by atoms with Crippen LogP contribution in [0.5, 0.6) is 11.5 Å². The second-order valence-electron chi connectivity index (χ2n) is 5.94. The molecule has 2 fully saturated rings. The summed E-state index contributed by atoms with van der Waals surface area (Å²) in [5.74, 6) is 6.80. The zero-order valence-electron chi connectivity index (χ0n) is 12.3. The summed E-state index contributed by atoms with van der Waals surface area (Å²) < 4.78 is 10.8. The number of ether oxygens (including phenoxy) is 2. The number of fused-ring (bicyclic) bond motifs is 1. The van der Waals surface area contributed by atoms with Crippen LogP contribution in [0.3, 0.4) is 0 Å². The molecule has 4 heteroatoms. The van der Waals surface area contributed by atoms with Crippen molar-refractivity contribution in [2.45, 2.75) is 31.4 Å². The summed E-state index contributed by atoms with van der Waals surface area (Å²) in [5.41, 5.74) is 0.997. The van der Waals surface area contributed by atoms with Gasteiger partial charge in [0, 0.05) is 18.0 Å². The molecule has 0 N–H and O–H groups in total. The third kappa shape index (κ3) is 3.05. The summed E-state index contributed by atoms with van der Waals surface area (Å²) >= 11 is 1.98. The highest BCUT2D eigenvalue weighted by atomic mass is 32.2. The van der Waals surface area contributed by atoms with Gasteiger partial charge in [0.15, 0.2) is 11.5 Å². The molecule has 20 heavy (non-hydrogen) atoms. The lowest BCUT2D eigenvalue weighted by Crippen LogP contribution is -2.11. The van der Waals surface area contributed by atoms with E-state index in [0.29, 0.717) is 0 Å². The molecule has 0 aliphatic heterocycles. The quantitative estimate of drug-likeness (QED) is 0.799. The van der Waals surface area contributed by atoms with Gasteiger partial charge < -0.3 is 9.47 Å². The van der Waals surface area contributed by atoms with Crippen LogP contribution in [-0.4, -0.2) is 25.0 Å². The van der Waals surface area contributed by atoms with Gasteiger partial charge in [-0.15, -0.1) is 0 Å². The molecule has 0 saturated heterocycles. The lowest BCUT2D eigenvalue weighted by molar-refractivity contribution is 0.350. The third-order valence-electron chi connectivity index (χ3n) is 4.61. The number of methoxy groups -OCH3 is 2. The van der Waals surface area contributed by atoms with Crippen LogP contribution in [0.1, 0.15) is 31.4 Å². The smallest absolute Gasteiger partial charge is 0.183 e. The normalized spacial score (nSPS) is 27.8. The Bertz CT molecular complexity index is 466. The molecule has 1 aromatic heterocycles. The van der Waals surface area contributed by atoms with E-state index in [0.717, 1.165) is 40.7 Å². The van der Waals surface area contributed by atoms with Crippen LogP contribution in [-0.2, 0) is 5.75 Å². The van der Waals surface area contributed by atoms with E-state index in [9.17, 15) is 0 Å². The van der Waals surface area contributed by atoms with E-state index in [1.54, 1.807) is 20.4 Å². The molecule has 3 atom stereocenters. The van der Waals surface area contributed by atoms with Crippen molar-refractivity contribution in [3.8, 4) is 11.5 Å². The second-order valence-corrected chi connectivity index (χ2v) is 6.97. The highest BCUT2D eigenvalue weighted by Crippen LogP contribution is 2.51. The van der Waals surface area contributed by atoms with Crippen molar-refractivity contribution in [1.82, 2.24) is 4.98 Å². The molecule has 3 rings (SSSR count). The second kappa shape index (κ2) is 6.25. The number of aromatic nitrogens is 1. The van der Waals surface area contributed by atoms with Crippen molar-refractivity contribution in [3.63, 3.8) is 0 Å². The van der Waals surface area contributed by atoms with Crippen LogP contribution in [0.15, 0.2) is 12.3 Å². The molecule has 0 aromatic carbocycles. The summed E-state index contributed by atoms with van der Waals surface area (Å²) in [6.07, 6.45) is 7.66. The molecule has 110 valence electrons. The van der Waals surface area contributed by atoms with Crippen molar-refractivity contribution >= 4 is 11.8 Å². The van der Waals surface area contributed by atoms with Crippen LogP contribution in [0, 0.1) is 17.8 Å². The van der Waals surface area contributed by atoms with Crippen LogP contribution >= 0.6 is 11.8 Å². The fourth-order valence-corrected chi connectivity index (χ4v) is 4.53. The average Bonchev–Trinajstić information content (AvgIpc) is 3.25. The van der Waals surface area contributed by atoms with Crippen molar-refractivity contribution < 1.29 is 9.47 Å². The fourth-order valence-electron chi connectivity index (χ4n) is 3.38. The van der Waals surface area contributed by atoms with Crippen molar-refractivity contribution in [3.05, 3.63) is 18.0 Å². The standard InChI is InChI=1S/C16H23NO2S/c1-18-15-5-6-17-14(16(15)19-2)10-20-9-11-3-4-12-8-13(12)7-11/h5-6,11-13H,3-4,7-10H2,1-2H3. The topological polar surface area (TPSA) is 31.4 Å². The van der Waals surface area contributed by atoms with Crippen molar-refractivity contribution in [2.75, 3.05) is 20.0 Å². The SMILES string of the molecule is COc1ccnc(CSCC2CCC3CC3C2)c1OC. The number of thioether (sulfide) groups is 1. The molecule has 0 spiro atoms. The molecule has 3 nitrogen and oxygen atoms in total. The monoisotopic (exact) mass is 293 g/mol. The number of rotatable bonds is 6. The van der Waals surface area contributed by atoms with Gasteiger partial charge in [0.25, 0.3) is 0 Å². The van der Waals surface area contributed by atoms with Gasteiger partial charge in [-0.05, 0) is 49.2 Å². The lowest BCUT2D eigenvalue weighted by atomic mass is 9.91. The minimum Gasteiger partial charge on any atom is -0.493 e. The van der Waals surface area contributed by atoms with Crippen LogP contribution in [0.4, 0.5) is 0 Å². The maximum absolute atomic E-state index is 5.43. The van der Waals surface area contributed by atoms with Gasteiger partial charge in [0.1, 0.15) is 0 Å². The minimum absolute atomic E-state index is 0.775.